The van der Waals surface area contributed by atoms with E-state index < -0.39 is 0 Å². The third kappa shape index (κ3) is 5.49. The number of benzene rings is 2. The molecule has 0 aliphatic carbocycles. The molecule has 0 aromatic heterocycles. The molecule has 6 heteroatoms. The maximum atomic E-state index is 12.5. The summed E-state index contributed by atoms with van der Waals surface area (Å²) in [5.41, 5.74) is 1.08. The van der Waals surface area contributed by atoms with Crippen molar-refractivity contribution in [3.8, 4) is 11.5 Å². The standard InChI is InChI=1S/C22H25NO5/c1-2-26-22(25)23-14-6-9-18(15-23)21(24)28-20-12-10-19(11-13-20)27-16-17-7-4-3-5-8-17/h3-5,7-8,10-13,18H,2,6,9,14-16H2,1H3/t18-/m1/s1. The molecular formula is C22H25NO5. The van der Waals surface area contributed by atoms with Crippen molar-refractivity contribution < 1.29 is 23.8 Å². The van der Waals surface area contributed by atoms with Crippen LogP contribution in [0.2, 0.25) is 0 Å². The molecule has 1 saturated heterocycles. The molecule has 0 radical (unpaired) electrons. The minimum Gasteiger partial charge on any atom is -0.489 e. The van der Waals surface area contributed by atoms with Crippen molar-refractivity contribution in [1.82, 2.24) is 4.90 Å². The molecule has 1 atom stereocenters. The van der Waals surface area contributed by atoms with Crippen molar-refractivity contribution in [1.29, 1.82) is 0 Å². The zero-order valence-electron chi connectivity index (χ0n) is 16.0. The third-order valence-corrected chi connectivity index (χ3v) is 4.57. The fourth-order valence-corrected chi connectivity index (χ4v) is 3.09. The molecule has 3 rings (SSSR count). The Labute approximate surface area is 165 Å². The molecule has 1 amide bonds. The number of hydrogen-bond donors (Lipinski definition) is 0. The van der Waals surface area contributed by atoms with Gasteiger partial charge in [0.05, 0.1) is 12.5 Å². The van der Waals surface area contributed by atoms with Crippen LogP contribution >= 0.6 is 0 Å². The largest absolute Gasteiger partial charge is 0.489 e. The van der Waals surface area contributed by atoms with Gasteiger partial charge in [-0.25, -0.2) is 4.79 Å². The van der Waals surface area contributed by atoms with Gasteiger partial charge < -0.3 is 19.1 Å². The summed E-state index contributed by atoms with van der Waals surface area (Å²) >= 11 is 0. The van der Waals surface area contributed by atoms with Crippen LogP contribution in [0, 0.1) is 5.92 Å². The van der Waals surface area contributed by atoms with Gasteiger partial charge >= 0.3 is 12.1 Å². The van der Waals surface area contributed by atoms with E-state index in [-0.39, 0.29) is 18.0 Å². The predicted octanol–water partition coefficient (Wildman–Crippen LogP) is 4.04. The smallest absolute Gasteiger partial charge is 0.409 e. The molecule has 28 heavy (non-hydrogen) atoms. The van der Waals surface area contributed by atoms with Crippen molar-refractivity contribution in [2.24, 2.45) is 5.92 Å². The van der Waals surface area contributed by atoms with Gasteiger partial charge in [0, 0.05) is 13.1 Å². The number of carbonyl (C=O) groups is 2. The summed E-state index contributed by atoms with van der Waals surface area (Å²) in [5, 5.41) is 0. The fourth-order valence-electron chi connectivity index (χ4n) is 3.09. The van der Waals surface area contributed by atoms with Crippen molar-refractivity contribution in [2.45, 2.75) is 26.4 Å². The second-order valence-electron chi connectivity index (χ2n) is 6.65. The van der Waals surface area contributed by atoms with E-state index in [0.29, 0.717) is 44.2 Å². The second kappa shape index (κ2) is 9.78. The van der Waals surface area contributed by atoms with Crippen LogP contribution in [0.25, 0.3) is 0 Å². The highest BCUT2D eigenvalue weighted by molar-refractivity contribution is 5.77. The highest BCUT2D eigenvalue weighted by Gasteiger charge is 2.30. The molecule has 0 N–H and O–H groups in total. The van der Waals surface area contributed by atoms with E-state index in [4.69, 9.17) is 14.2 Å². The van der Waals surface area contributed by atoms with Crippen LogP contribution in [0.3, 0.4) is 0 Å². The Balaban J connectivity index is 1.50. The maximum Gasteiger partial charge on any atom is 0.409 e. The van der Waals surface area contributed by atoms with Crippen LogP contribution in [-0.2, 0) is 16.1 Å². The van der Waals surface area contributed by atoms with Crippen LogP contribution in [0.5, 0.6) is 11.5 Å². The molecular weight excluding hydrogens is 358 g/mol. The first kappa shape index (κ1) is 19.7. The molecule has 6 nitrogen and oxygen atoms in total. The number of hydrogen-bond acceptors (Lipinski definition) is 5. The van der Waals surface area contributed by atoms with E-state index in [1.54, 1.807) is 36.1 Å². The van der Waals surface area contributed by atoms with Crippen LogP contribution in [0.4, 0.5) is 4.79 Å². The molecule has 1 aliphatic rings. The highest BCUT2D eigenvalue weighted by Crippen LogP contribution is 2.23. The Morgan fingerprint density at radius 3 is 2.46 bits per heavy atom. The summed E-state index contributed by atoms with van der Waals surface area (Å²) in [6, 6.07) is 16.9. The molecule has 1 aliphatic heterocycles. The molecule has 0 saturated carbocycles. The topological polar surface area (TPSA) is 65.1 Å². The quantitative estimate of drug-likeness (QED) is 0.556. The summed E-state index contributed by atoms with van der Waals surface area (Å²) in [4.78, 5) is 25.9. The Kier molecular flexibility index (Phi) is 6.89. The van der Waals surface area contributed by atoms with Crippen LogP contribution in [-0.4, -0.2) is 36.7 Å². The Morgan fingerprint density at radius 1 is 1.04 bits per heavy atom. The van der Waals surface area contributed by atoms with Crippen LogP contribution < -0.4 is 9.47 Å². The number of amides is 1. The summed E-state index contributed by atoms with van der Waals surface area (Å²) in [6.45, 7) is 3.50. The van der Waals surface area contributed by atoms with Crippen LogP contribution in [0.15, 0.2) is 54.6 Å². The fraction of sp³-hybridized carbons (Fsp3) is 0.364. The highest BCUT2D eigenvalue weighted by atomic mass is 16.6. The minimum atomic E-state index is -0.375. The lowest BCUT2D eigenvalue weighted by atomic mass is 9.98. The summed E-state index contributed by atoms with van der Waals surface area (Å²) in [6.07, 6.45) is 1.08. The number of ether oxygens (including phenoxy) is 3. The molecule has 0 bridgehead atoms. The zero-order chi connectivity index (χ0) is 19.8. The van der Waals surface area contributed by atoms with Crippen molar-refractivity contribution in [3.05, 3.63) is 60.2 Å². The van der Waals surface area contributed by atoms with Gasteiger partial charge in [-0.05, 0) is 49.6 Å². The minimum absolute atomic E-state index is 0.323. The first-order chi connectivity index (χ1) is 13.7. The first-order valence-electron chi connectivity index (χ1n) is 9.56. The molecule has 1 heterocycles. The number of piperidine rings is 1. The molecule has 0 unspecified atom stereocenters. The lowest BCUT2D eigenvalue weighted by Gasteiger charge is -2.30. The first-order valence-corrected chi connectivity index (χ1v) is 9.56. The lowest BCUT2D eigenvalue weighted by Crippen LogP contribution is -2.43. The van der Waals surface area contributed by atoms with Crippen LogP contribution in [0.1, 0.15) is 25.3 Å². The zero-order valence-corrected chi connectivity index (χ0v) is 16.0. The van der Waals surface area contributed by atoms with Gasteiger partial charge in [0.2, 0.25) is 0 Å². The van der Waals surface area contributed by atoms with Crippen molar-refractivity contribution in [3.63, 3.8) is 0 Å². The second-order valence-corrected chi connectivity index (χ2v) is 6.65. The number of nitrogens with zero attached hydrogens (tertiary/aromatic N) is 1. The average Bonchev–Trinajstić information content (AvgIpc) is 2.74. The maximum absolute atomic E-state index is 12.5. The SMILES string of the molecule is CCOC(=O)N1CCC[C@@H](C(=O)Oc2ccc(OCc3ccccc3)cc2)C1. The predicted molar refractivity (Wildman–Crippen MR) is 104 cm³/mol. The molecule has 1 fully saturated rings. The number of likely N-dealkylation sites (tertiary alicyclic amines) is 1. The Hall–Kier alpha value is -3.02. The monoisotopic (exact) mass is 383 g/mol. The van der Waals surface area contributed by atoms with Gasteiger partial charge in [0.25, 0.3) is 0 Å². The number of carbonyl (C=O) groups excluding carboxylic acids is 2. The van der Waals surface area contributed by atoms with E-state index in [0.717, 1.165) is 12.0 Å². The van der Waals surface area contributed by atoms with Gasteiger partial charge in [0.1, 0.15) is 18.1 Å². The van der Waals surface area contributed by atoms with E-state index in [1.165, 1.54) is 0 Å². The van der Waals surface area contributed by atoms with E-state index in [1.807, 2.05) is 30.3 Å². The van der Waals surface area contributed by atoms with Crippen molar-refractivity contribution in [2.75, 3.05) is 19.7 Å². The summed E-state index contributed by atoms with van der Waals surface area (Å²) < 4.78 is 16.2. The Bertz CT molecular complexity index is 775. The molecule has 0 spiro atoms. The molecule has 2 aromatic rings. The van der Waals surface area contributed by atoms with Crippen molar-refractivity contribution >= 4 is 12.1 Å². The third-order valence-electron chi connectivity index (χ3n) is 4.57. The van der Waals surface area contributed by atoms with Gasteiger partial charge in [-0.3, -0.25) is 4.79 Å². The lowest BCUT2D eigenvalue weighted by molar-refractivity contribution is -0.140. The summed E-state index contributed by atoms with van der Waals surface area (Å²) in [5.74, 6) is 0.499. The number of rotatable bonds is 6. The average molecular weight is 383 g/mol. The van der Waals surface area contributed by atoms with Gasteiger partial charge in [-0.2, -0.15) is 0 Å². The van der Waals surface area contributed by atoms with Gasteiger partial charge in [-0.1, -0.05) is 30.3 Å². The van der Waals surface area contributed by atoms with E-state index in [2.05, 4.69) is 0 Å². The molecule has 148 valence electrons. The Morgan fingerprint density at radius 2 is 1.75 bits per heavy atom. The summed E-state index contributed by atoms with van der Waals surface area (Å²) in [7, 11) is 0. The normalized spacial score (nSPS) is 16.3. The molecule has 2 aromatic carbocycles. The van der Waals surface area contributed by atoms with Gasteiger partial charge in [0.15, 0.2) is 0 Å². The van der Waals surface area contributed by atoms with E-state index in [9.17, 15) is 9.59 Å². The van der Waals surface area contributed by atoms with Gasteiger partial charge in [-0.15, -0.1) is 0 Å². The number of esters is 1. The van der Waals surface area contributed by atoms with E-state index >= 15 is 0 Å².